The molecule has 1 unspecified atom stereocenters. The normalized spacial score (nSPS) is 11.9. The largest absolute Gasteiger partial charge is 0.476 e. The van der Waals surface area contributed by atoms with Crippen molar-refractivity contribution in [2.75, 3.05) is 5.32 Å². The number of carbonyl (C=O) groups is 2. The van der Waals surface area contributed by atoms with E-state index in [4.69, 9.17) is 5.11 Å². The number of nitrogens with one attached hydrogen (secondary N) is 2. The zero-order valence-electron chi connectivity index (χ0n) is 10.7. The van der Waals surface area contributed by atoms with E-state index in [1.165, 1.54) is 28.1 Å². The van der Waals surface area contributed by atoms with E-state index in [9.17, 15) is 9.59 Å². The second-order valence-electron chi connectivity index (χ2n) is 3.97. The summed E-state index contributed by atoms with van der Waals surface area (Å²) in [6, 6.07) is -0.784. The summed E-state index contributed by atoms with van der Waals surface area (Å²) in [6.07, 6.45) is 1.67. The molecule has 0 aromatic carbocycles. The second-order valence-corrected chi connectivity index (χ2v) is 6.10. The molecule has 2 heterocycles. The van der Waals surface area contributed by atoms with Gasteiger partial charge in [-0.25, -0.2) is 19.6 Å². The first kappa shape index (κ1) is 14.4. The molecule has 2 aromatic heterocycles. The number of thiazole rings is 2. The van der Waals surface area contributed by atoms with Gasteiger partial charge in [-0.1, -0.05) is 0 Å². The Morgan fingerprint density at radius 1 is 1.45 bits per heavy atom. The Balaban J connectivity index is 1.94. The number of amides is 2. The Morgan fingerprint density at radius 3 is 2.75 bits per heavy atom. The number of anilines is 1. The second kappa shape index (κ2) is 5.97. The maximum Gasteiger partial charge on any atom is 0.355 e. The van der Waals surface area contributed by atoms with Gasteiger partial charge in [-0.05, 0) is 13.8 Å². The Bertz CT molecular complexity index is 637. The van der Waals surface area contributed by atoms with Gasteiger partial charge in [0, 0.05) is 16.5 Å². The zero-order chi connectivity index (χ0) is 14.7. The molecule has 20 heavy (non-hydrogen) atoms. The summed E-state index contributed by atoms with van der Waals surface area (Å²) >= 11 is 2.56. The first-order valence-electron chi connectivity index (χ1n) is 5.64. The fourth-order valence-electron chi connectivity index (χ4n) is 1.39. The van der Waals surface area contributed by atoms with Gasteiger partial charge < -0.3 is 10.4 Å². The molecule has 0 bridgehead atoms. The van der Waals surface area contributed by atoms with Gasteiger partial charge in [0.25, 0.3) is 0 Å². The molecule has 1 atom stereocenters. The fourth-order valence-corrected chi connectivity index (χ4v) is 2.85. The highest BCUT2D eigenvalue weighted by Gasteiger charge is 2.16. The smallest absolute Gasteiger partial charge is 0.355 e. The highest BCUT2D eigenvalue weighted by molar-refractivity contribution is 7.15. The third-order valence-electron chi connectivity index (χ3n) is 2.30. The van der Waals surface area contributed by atoms with E-state index in [0.717, 1.165) is 4.88 Å². The number of carboxylic acid groups (broad SMARTS) is 1. The molecule has 0 fully saturated rings. The number of aromatic nitrogens is 2. The summed E-state index contributed by atoms with van der Waals surface area (Å²) < 4.78 is 0. The molecule has 0 aliphatic heterocycles. The van der Waals surface area contributed by atoms with E-state index in [1.54, 1.807) is 13.1 Å². The van der Waals surface area contributed by atoms with Crippen LogP contribution in [0.4, 0.5) is 9.93 Å². The molecule has 2 aromatic rings. The van der Waals surface area contributed by atoms with Crippen LogP contribution < -0.4 is 10.6 Å². The van der Waals surface area contributed by atoms with Crippen molar-refractivity contribution in [2.45, 2.75) is 19.9 Å². The molecular formula is C11H12N4O3S2. The predicted octanol–water partition coefficient (Wildman–Crippen LogP) is 2.49. The number of carbonyl (C=O) groups excluding carboxylic acids is 1. The number of urea groups is 1. The molecule has 9 heteroatoms. The first-order valence-corrected chi connectivity index (χ1v) is 7.34. The van der Waals surface area contributed by atoms with Gasteiger partial charge in [-0.2, -0.15) is 0 Å². The Hall–Kier alpha value is -2.00. The van der Waals surface area contributed by atoms with Crippen molar-refractivity contribution in [2.24, 2.45) is 0 Å². The van der Waals surface area contributed by atoms with Crippen LogP contribution in [-0.2, 0) is 0 Å². The summed E-state index contributed by atoms with van der Waals surface area (Å²) in [4.78, 5) is 31.4. The SMILES string of the molecule is Cc1cnc(NC(=O)NC(C)c2nc(C(=O)O)cs2)s1. The average Bonchev–Trinajstić information content (AvgIpc) is 2.98. The monoisotopic (exact) mass is 312 g/mol. The van der Waals surface area contributed by atoms with Crippen molar-refractivity contribution in [3.63, 3.8) is 0 Å². The molecule has 0 saturated carbocycles. The number of carboxylic acids is 1. The topological polar surface area (TPSA) is 104 Å². The fraction of sp³-hybridized carbons (Fsp3) is 0.273. The van der Waals surface area contributed by atoms with Crippen LogP contribution in [0.5, 0.6) is 0 Å². The van der Waals surface area contributed by atoms with Crippen molar-refractivity contribution in [3.05, 3.63) is 27.2 Å². The third-order valence-corrected chi connectivity index (χ3v) is 4.16. The molecule has 2 rings (SSSR count). The van der Waals surface area contributed by atoms with E-state index in [2.05, 4.69) is 20.6 Å². The number of rotatable bonds is 4. The van der Waals surface area contributed by atoms with E-state index < -0.39 is 12.0 Å². The van der Waals surface area contributed by atoms with Crippen LogP contribution in [0.2, 0.25) is 0 Å². The summed E-state index contributed by atoms with van der Waals surface area (Å²) in [5, 5.41) is 16.6. The van der Waals surface area contributed by atoms with Crippen molar-refractivity contribution < 1.29 is 14.7 Å². The standard InChI is InChI=1S/C11H12N4O3S2/c1-5-3-12-11(20-5)15-10(18)13-6(2)8-14-7(4-19-8)9(16)17/h3-4,6H,1-2H3,(H,16,17)(H2,12,13,15,18). The van der Waals surface area contributed by atoms with Gasteiger partial charge in [0.05, 0.1) is 6.04 Å². The van der Waals surface area contributed by atoms with Gasteiger partial charge in [0.15, 0.2) is 10.8 Å². The lowest BCUT2D eigenvalue weighted by atomic mass is 10.3. The minimum Gasteiger partial charge on any atom is -0.476 e. The number of aromatic carboxylic acids is 1. The zero-order valence-corrected chi connectivity index (χ0v) is 12.3. The van der Waals surface area contributed by atoms with Crippen LogP contribution in [0.25, 0.3) is 0 Å². The Kier molecular flexibility index (Phi) is 4.30. The maximum absolute atomic E-state index is 11.8. The molecule has 0 saturated heterocycles. The van der Waals surface area contributed by atoms with Crippen molar-refractivity contribution in [3.8, 4) is 0 Å². The highest BCUT2D eigenvalue weighted by atomic mass is 32.1. The van der Waals surface area contributed by atoms with Crippen LogP contribution in [-0.4, -0.2) is 27.1 Å². The molecule has 0 aliphatic carbocycles. The third kappa shape index (κ3) is 3.52. The number of nitrogens with zero attached hydrogens (tertiary/aromatic N) is 2. The molecular weight excluding hydrogens is 300 g/mol. The molecule has 2 amide bonds. The van der Waals surface area contributed by atoms with Crippen molar-refractivity contribution in [1.82, 2.24) is 15.3 Å². The van der Waals surface area contributed by atoms with Gasteiger partial charge in [-0.3, -0.25) is 5.32 Å². The first-order chi connectivity index (χ1) is 9.45. The molecule has 3 N–H and O–H groups in total. The van der Waals surface area contributed by atoms with Gasteiger partial charge in [0.2, 0.25) is 0 Å². The van der Waals surface area contributed by atoms with Crippen molar-refractivity contribution >= 4 is 39.8 Å². The van der Waals surface area contributed by atoms with Gasteiger partial charge in [-0.15, -0.1) is 22.7 Å². The van der Waals surface area contributed by atoms with Crippen LogP contribution in [0, 0.1) is 6.92 Å². The van der Waals surface area contributed by atoms with Crippen LogP contribution >= 0.6 is 22.7 Å². The predicted molar refractivity (Wildman–Crippen MR) is 76.5 cm³/mol. The average molecular weight is 312 g/mol. The minimum atomic E-state index is -1.08. The van der Waals surface area contributed by atoms with Gasteiger partial charge >= 0.3 is 12.0 Å². The van der Waals surface area contributed by atoms with Crippen molar-refractivity contribution in [1.29, 1.82) is 0 Å². The van der Waals surface area contributed by atoms with Gasteiger partial charge in [0.1, 0.15) is 5.01 Å². The maximum atomic E-state index is 11.8. The summed E-state index contributed by atoms with van der Waals surface area (Å²) in [5.74, 6) is -1.08. The lowest BCUT2D eigenvalue weighted by Crippen LogP contribution is -2.31. The summed E-state index contributed by atoms with van der Waals surface area (Å²) in [6.45, 7) is 3.63. The Labute approximate surface area is 122 Å². The molecule has 106 valence electrons. The minimum absolute atomic E-state index is 0.0189. The molecule has 0 spiro atoms. The quantitative estimate of drug-likeness (QED) is 0.804. The van der Waals surface area contributed by atoms with Crippen LogP contribution in [0.15, 0.2) is 11.6 Å². The lowest BCUT2D eigenvalue weighted by Gasteiger charge is -2.10. The number of aryl methyl sites for hydroxylation is 1. The van der Waals surface area contributed by atoms with E-state index in [1.807, 2.05) is 6.92 Å². The van der Waals surface area contributed by atoms with Crippen LogP contribution in [0.3, 0.4) is 0 Å². The lowest BCUT2D eigenvalue weighted by molar-refractivity contribution is 0.0691. The summed E-state index contributed by atoms with van der Waals surface area (Å²) in [5.41, 5.74) is -0.0189. The molecule has 7 nitrogen and oxygen atoms in total. The van der Waals surface area contributed by atoms with E-state index >= 15 is 0 Å². The molecule has 0 radical (unpaired) electrons. The van der Waals surface area contributed by atoms with Crippen LogP contribution in [0.1, 0.15) is 33.3 Å². The Morgan fingerprint density at radius 2 is 2.20 bits per heavy atom. The summed E-state index contributed by atoms with van der Waals surface area (Å²) in [7, 11) is 0. The number of hydrogen-bond donors (Lipinski definition) is 3. The number of hydrogen-bond acceptors (Lipinski definition) is 6. The molecule has 0 aliphatic rings. The van der Waals surface area contributed by atoms with E-state index in [-0.39, 0.29) is 11.7 Å². The highest BCUT2D eigenvalue weighted by Crippen LogP contribution is 2.19. The van der Waals surface area contributed by atoms with E-state index in [0.29, 0.717) is 10.1 Å².